The number of methoxy groups -OCH3 is 2. The van der Waals surface area contributed by atoms with Gasteiger partial charge in [0.15, 0.2) is 11.5 Å². The number of halogens is 1. The molecule has 3 nitrogen and oxygen atoms in total. The van der Waals surface area contributed by atoms with Crippen molar-refractivity contribution in [1.82, 2.24) is 5.32 Å². The second-order valence-corrected chi connectivity index (χ2v) is 5.89. The van der Waals surface area contributed by atoms with Gasteiger partial charge in [0.1, 0.15) is 0 Å². The molecule has 1 unspecified atom stereocenters. The lowest BCUT2D eigenvalue weighted by molar-refractivity contribution is 0.353. The van der Waals surface area contributed by atoms with Crippen molar-refractivity contribution < 1.29 is 9.47 Å². The maximum atomic E-state index is 5.41. The molecule has 1 N–H and O–H groups in total. The van der Waals surface area contributed by atoms with Crippen molar-refractivity contribution in [3.8, 4) is 11.5 Å². The van der Waals surface area contributed by atoms with Gasteiger partial charge in [-0.15, -0.1) is 12.4 Å². The van der Waals surface area contributed by atoms with Gasteiger partial charge in [-0.1, -0.05) is 24.6 Å². The summed E-state index contributed by atoms with van der Waals surface area (Å²) in [5.41, 5.74) is 2.89. The Morgan fingerprint density at radius 2 is 1.91 bits per heavy atom. The predicted octanol–water partition coefficient (Wildman–Crippen LogP) is 5.06. The summed E-state index contributed by atoms with van der Waals surface area (Å²) >= 11 is 0. The van der Waals surface area contributed by atoms with Crippen LogP contribution in [0, 0.1) is 0 Å². The Morgan fingerprint density at radius 1 is 1.13 bits per heavy atom. The maximum absolute atomic E-state index is 5.41. The fourth-order valence-corrected chi connectivity index (χ4v) is 3.11. The van der Waals surface area contributed by atoms with Crippen LogP contribution in [0.25, 0.3) is 0 Å². The zero-order valence-electron chi connectivity index (χ0n) is 14.6. The minimum absolute atomic E-state index is 0. The third-order valence-corrected chi connectivity index (χ3v) is 4.44. The third kappa shape index (κ3) is 5.74. The maximum Gasteiger partial charge on any atom is 0.161 e. The van der Waals surface area contributed by atoms with Gasteiger partial charge in [0.25, 0.3) is 0 Å². The summed E-state index contributed by atoms with van der Waals surface area (Å²) in [4.78, 5) is 0. The predicted molar refractivity (Wildman–Crippen MR) is 99.0 cm³/mol. The summed E-state index contributed by atoms with van der Waals surface area (Å²) in [7, 11) is 3.36. The Labute approximate surface area is 146 Å². The van der Waals surface area contributed by atoms with E-state index in [1.165, 1.54) is 37.7 Å². The number of benzene rings is 1. The van der Waals surface area contributed by atoms with Crippen molar-refractivity contribution in [2.24, 2.45) is 0 Å². The van der Waals surface area contributed by atoms with E-state index in [1.54, 1.807) is 19.8 Å². The van der Waals surface area contributed by atoms with Gasteiger partial charge in [0, 0.05) is 6.04 Å². The first-order valence-electron chi connectivity index (χ1n) is 8.41. The molecule has 0 spiro atoms. The van der Waals surface area contributed by atoms with Gasteiger partial charge in [0.05, 0.1) is 14.2 Å². The fraction of sp³-hybridized carbons (Fsp3) is 0.579. The molecule has 1 atom stereocenters. The quantitative estimate of drug-likeness (QED) is 0.672. The van der Waals surface area contributed by atoms with Gasteiger partial charge < -0.3 is 14.8 Å². The Kier molecular flexibility index (Phi) is 9.12. The van der Waals surface area contributed by atoms with Gasteiger partial charge >= 0.3 is 0 Å². The van der Waals surface area contributed by atoms with Crippen LogP contribution in [0.5, 0.6) is 11.5 Å². The largest absolute Gasteiger partial charge is 0.493 e. The minimum atomic E-state index is 0. The standard InChI is InChI=1S/C19H29NO2.ClH/c1-4-17(20-13-12-15-8-6-5-7-9-15)16-10-11-18(21-2)19(14-16)22-3;/h8,10-11,14,17,20H,4-7,9,12-13H2,1-3H3;1H. The summed E-state index contributed by atoms with van der Waals surface area (Å²) in [6.45, 7) is 3.26. The molecule has 0 aromatic heterocycles. The highest BCUT2D eigenvalue weighted by atomic mass is 35.5. The Balaban J connectivity index is 0.00000264. The summed E-state index contributed by atoms with van der Waals surface area (Å²) in [5.74, 6) is 1.59. The Morgan fingerprint density at radius 3 is 2.52 bits per heavy atom. The molecule has 1 aromatic rings. The van der Waals surface area contributed by atoms with E-state index in [-0.39, 0.29) is 12.4 Å². The summed E-state index contributed by atoms with van der Waals surface area (Å²) in [6, 6.07) is 6.56. The molecule has 0 radical (unpaired) electrons. The van der Waals surface area contributed by atoms with Crippen molar-refractivity contribution in [1.29, 1.82) is 0 Å². The van der Waals surface area contributed by atoms with E-state index >= 15 is 0 Å². The Bertz CT molecular complexity index is 502. The van der Waals surface area contributed by atoms with E-state index in [0.717, 1.165) is 24.5 Å². The molecule has 2 rings (SSSR count). The highest BCUT2D eigenvalue weighted by molar-refractivity contribution is 5.85. The van der Waals surface area contributed by atoms with Gasteiger partial charge in [-0.3, -0.25) is 0 Å². The van der Waals surface area contributed by atoms with E-state index in [4.69, 9.17) is 9.47 Å². The van der Waals surface area contributed by atoms with Crippen LogP contribution in [-0.2, 0) is 0 Å². The van der Waals surface area contributed by atoms with Crippen LogP contribution < -0.4 is 14.8 Å². The van der Waals surface area contributed by atoms with Crippen LogP contribution >= 0.6 is 12.4 Å². The average molecular weight is 340 g/mol. The average Bonchev–Trinajstić information content (AvgIpc) is 2.59. The topological polar surface area (TPSA) is 30.5 Å². The number of allylic oxidation sites excluding steroid dienone is 1. The van der Waals surface area contributed by atoms with E-state index < -0.39 is 0 Å². The molecule has 0 amide bonds. The molecule has 4 heteroatoms. The van der Waals surface area contributed by atoms with Crippen molar-refractivity contribution >= 4 is 12.4 Å². The SMILES string of the molecule is CCC(NCCC1=CCCCC1)c1ccc(OC)c(OC)c1.Cl. The zero-order valence-corrected chi connectivity index (χ0v) is 15.4. The molecule has 0 heterocycles. The highest BCUT2D eigenvalue weighted by Gasteiger charge is 2.13. The molecule has 1 aliphatic rings. The minimum Gasteiger partial charge on any atom is -0.493 e. The number of hydrogen-bond donors (Lipinski definition) is 1. The van der Waals surface area contributed by atoms with E-state index in [2.05, 4.69) is 30.4 Å². The summed E-state index contributed by atoms with van der Waals surface area (Å²) < 4.78 is 10.7. The van der Waals surface area contributed by atoms with Crippen LogP contribution in [-0.4, -0.2) is 20.8 Å². The van der Waals surface area contributed by atoms with Crippen molar-refractivity contribution in [3.05, 3.63) is 35.4 Å². The zero-order chi connectivity index (χ0) is 15.8. The van der Waals surface area contributed by atoms with Gasteiger partial charge in [-0.25, -0.2) is 0 Å². The first-order valence-corrected chi connectivity index (χ1v) is 8.41. The lowest BCUT2D eigenvalue weighted by Crippen LogP contribution is -2.22. The molecule has 1 aromatic carbocycles. The van der Waals surface area contributed by atoms with Crippen molar-refractivity contribution in [3.63, 3.8) is 0 Å². The lowest BCUT2D eigenvalue weighted by Gasteiger charge is -2.20. The van der Waals surface area contributed by atoms with Crippen molar-refractivity contribution in [2.75, 3.05) is 20.8 Å². The molecule has 0 saturated carbocycles. The van der Waals surface area contributed by atoms with E-state index in [1.807, 2.05) is 6.07 Å². The number of hydrogen-bond acceptors (Lipinski definition) is 3. The Hall–Kier alpha value is -1.19. The summed E-state index contributed by atoms with van der Waals surface area (Å²) in [6.07, 6.45) is 9.94. The van der Waals surface area contributed by atoms with E-state index in [9.17, 15) is 0 Å². The van der Waals surface area contributed by atoms with E-state index in [0.29, 0.717) is 6.04 Å². The molecule has 0 bridgehead atoms. The lowest BCUT2D eigenvalue weighted by atomic mass is 9.97. The number of nitrogens with one attached hydrogen (secondary N) is 1. The van der Waals surface area contributed by atoms with Crippen LogP contribution in [0.15, 0.2) is 29.8 Å². The summed E-state index contributed by atoms with van der Waals surface area (Å²) in [5, 5.41) is 3.68. The normalized spacial score (nSPS) is 15.3. The molecular weight excluding hydrogens is 310 g/mol. The first-order chi connectivity index (χ1) is 10.8. The fourth-order valence-electron chi connectivity index (χ4n) is 3.11. The van der Waals surface area contributed by atoms with Crippen LogP contribution in [0.1, 0.15) is 57.1 Å². The van der Waals surface area contributed by atoms with Crippen molar-refractivity contribution in [2.45, 2.75) is 51.5 Å². The molecular formula is C19H30ClNO2. The molecule has 0 fully saturated rings. The molecule has 0 saturated heterocycles. The molecule has 1 aliphatic carbocycles. The highest BCUT2D eigenvalue weighted by Crippen LogP contribution is 2.31. The smallest absolute Gasteiger partial charge is 0.161 e. The van der Waals surface area contributed by atoms with Gasteiger partial charge in [-0.05, 0) is 62.8 Å². The monoisotopic (exact) mass is 339 g/mol. The molecule has 0 aliphatic heterocycles. The molecule has 130 valence electrons. The second-order valence-electron chi connectivity index (χ2n) is 5.89. The van der Waals surface area contributed by atoms with Crippen LogP contribution in [0.3, 0.4) is 0 Å². The first kappa shape index (κ1) is 19.9. The van der Waals surface area contributed by atoms with Gasteiger partial charge in [-0.2, -0.15) is 0 Å². The van der Waals surface area contributed by atoms with Crippen LogP contribution in [0.4, 0.5) is 0 Å². The van der Waals surface area contributed by atoms with Crippen LogP contribution in [0.2, 0.25) is 0 Å². The van der Waals surface area contributed by atoms with Gasteiger partial charge in [0.2, 0.25) is 0 Å². The number of rotatable bonds is 8. The third-order valence-electron chi connectivity index (χ3n) is 4.44. The second kappa shape index (κ2) is 10.6. The number of ether oxygens (including phenoxy) is 2. The molecule has 23 heavy (non-hydrogen) atoms.